The van der Waals surface area contributed by atoms with Crippen molar-refractivity contribution in [2.45, 2.75) is 64.7 Å². The average Bonchev–Trinajstić information content (AvgIpc) is 2.51. The van der Waals surface area contributed by atoms with Gasteiger partial charge in [-0.2, -0.15) is 0 Å². The van der Waals surface area contributed by atoms with Gasteiger partial charge in [-0.3, -0.25) is 9.59 Å². The summed E-state index contributed by atoms with van der Waals surface area (Å²) in [6.45, 7) is 2.13. The smallest absolute Gasteiger partial charge is 0.303 e. The molecule has 23 heavy (non-hydrogen) atoms. The highest BCUT2D eigenvalue weighted by Gasteiger charge is 1.94. The molecule has 0 aliphatic carbocycles. The number of ketones is 1. The first kappa shape index (κ1) is 21.1. The molecule has 0 atom stereocenters. The third-order valence-electron chi connectivity index (χ3n) is 3.20. The number of carbonyl (C=O) groups is 2. The molecule has 0 heterocycles. The Labute approximate surface area is 140 Å². The lowest BCUT2D eigenvalue weighted by Gasteiger charge is -1.92. The quantitative estimate of drug-likeness (QED) is 0.202. The summed E-state index contributed by atoms with van der Waals surface area (Å²) in [5.74, 6) is -0.534. The van der Waals surface area contributed by atoms with E-state index in [-0.39, 0.29) is 12.2 Å². The SMILES string of the molecule is CCCCCC(=O)C=CC=CCC=CCC=CCCCC(=O)O. The van der Waals surface area contributed by atoms with Gasteiger partial charge in [0.05, 0.1) is 0 Å². The molecule has 0 unspecified atom stereocenters. The molecule has 0 aliphatic heterocycles. The van der Waals surface area contributed by atoms with Crippen LogP contribution < -0.4 is 0 Å². The average molecular weight is 318 g/mol. The molecule has 0 rings (SSSR count). The number of unbranched alkanes of at least 4 members (excludes halogenated alkanes) is 3. The first-order valence-corrected chi connectivity index (χ1v) is 8.54. The monoisotopic (exact) mass is 318 g/mol. The highest BCUT2D eigenvalue weighted by Crippen LogP contribution is 2.01. The van der Waals surface area contributed by atoms with Crippen LogP contribution in [0.5, 0.6) is 0 Å². The summed E-state index contributed by atoms with van der Waals surface area (Å²) < 4.78 is 0. The van der Waals surface area contributed by atoms with Crippen LogP contribution >= 0.6 is 0 Å². The van der Waals surface area contributed by atoms with E-state index in [2.05, 4.69) is 25.2 Å². The summed E-state index contributed by atoms with van der Waals surface area (Å²) in [4.78, 5) is 21.8. The van der Waals surface area contributed by atoms with Gasteiger partial charge in [0.2, 0.25) is 0 Å². The number of carboxylic acid groups (broad SMARTS) is 1. The summed E-state index contributed by atoms with van der Waals surface area (Å²) >= 11 is 0. The summed E-state index contributed by atoms with van der Waals surface area (Å²) in [7, 11) is 0. The Morgan fingerprint density at radius 2 is 1.52 bits per heavy atom. The first-order valence-electron chi connectivity index (χ1n) is 8.54. The topological polar surface area (TPSA) is 54.4 Å². The van der Waals surface area contributed by atoms with E-state index in [9.17, 15) is 9.59 Å². The van der Waals surface area contributed by atoms with E-state index in [1.165, 1.54) is 0 Å². The molecular weight excluding hydrogens is 288 g/mol. The van der Waals surface area contributed by atoms with E-state index in [0.717, 1.165) is 38.5 Å². The van der Waals surface area contributed by atoms with Crippen molar-refractivity contribution >= 4 is 11.8 Å². The molecule has 0 spiro atoms. The second-order valence-electron chi connectivity index (χ2n) is 5.41. The molecule has 0 bridgehead atoms. The molecule has 0 amide bonds. The molecule has 0 radical (unpaired) electrons. The Balaban J connectivity index is 3.59. The summed E-state index contributed by atoms with van der Waals surface area (Å²) in [6.07, 6.45) is 23.0. The summed E-state index contributed by atoms with van der Waals surface area (Å²) in [6, 6.07) is 0. The highest BCUT2D eigenvalue weighted by molar-refractivity contribution is 5.89. The Hall–Kier alpha value is -1.90. The van der Waals surface area contributed by atoms with Gasteiger partial charge < -0.3 is 5.11 Å². The number of hydrogen-bond donors (Lipinski definition) is 1. The maximum atomic E-state index is 11.5. The van der Waals surface area contributed by atoms with Crippen molar-refractivity contribution in [2.24, 2.45) is 0 Å². The molecule has 0 aromatic carbocycles. The minimum absolute atomic E-state index is 0.201. The van der Waals surface area contributed by atoms with Crippen LogP contribution in [0.4, 0.5) is 0 Å². The van der Waals surface area contributed by atoms with Crippen LogP contribution in [-0.4, -0.2) is 16.9 Å². The molecular formula is C20H30O3. The van der Waals surface area contributed by atoms with Crippen molar-refractivity contribution in [3.05, 3.63) is 48.6 Å². The van der Waals surface area contributed by atoms with E-state index >= 15 is 0 Å². The standard InChI is InChI=1S/C20H30O3/c1-2-3-13-16-19(21)17-14-11-9-7-5-4-6-8-10-12-15-18-20(22)23/h4-5,8-11,14,17H,2-3,6-7,12-13,15-16,18H2,1H3,(H,22,23). The van der Waals surface area contributed by atoms with Crippen LogP contribution in [0.1, 0.15) is 64.7 Å². The normalized spacial score (nSPS) is 12.2. The van der Waals surface area contributed by atoms with Crippen LogP contribution in [0.2, 0.25) is 0 Å². The van der Waals surface area contributed by atoms with Gasteiger partial charge in [-0.05, 0) is 38.2 Å². The fraction of sp³-hybridized carbons (Fsp3) is 0.500. The van der Waals surface area contributed by atoms with E-state index < -0.39 is 5.97 Å². The van der Waals surface area contributed by atoms with E-state index in [4.69, 9.17) is 5.11 Å². The molecule has 0 saturated carbocycles. The van der Waals surface area contributed by atoms with Crippen molar-refractivity contribution < 1.29 is 14.7 Å². The zero-order valence-corrected chi connectivity index (χ0v) is 14.2. The van der Waals surface area contributed by atoms with Crippen LogP contribution in [0.3, 0.4) is 0 Å². The predicted octanol–water partition coefficient (Wildman–Crippen LogP) is 5.40. The van der Waals surface area contributed by atoms with E-state index in [0.29, 0.717) is 12.8 Å². The second-order valence-corrected chi connectivity index (χ2v) is 5.41. The molecule has 3 nitrogen and oxygen atoms in total. The largest absolute Gasteiger partial charge is 0.481 e. The fourth-order valence-corrected chi connectivity index (χ4v) is 1.89. The van der Waals surface area contributed by atoms with Gasteiger partial charge >= 0.3 is 5.97 Å². The molecule has 0 fully saturated rings. The van der Waals surface area contributed by atoms with Crippen LogP contribution in [0.15, 0.2) is 48.6 Å². The van der Waals surface area contributed by atoms with Gasteiger partial charge in [-0.1, -0.05) is 62.3 Å². The minimum atomic E-state index is -0.734. The minimum Gasteiger partial charge on any atom is -0.481 e. The Morgan fingerprint density at radius 3 is 2.22 bits per heavy atom. The number of aliphatic carboxylic acids is 1. The highest BCUT2D eigenvalue weighted by atomic mass is 16.4. The number of carbonyl (C=O) groups excluding carboxylic acids is 1. The maximum absolute atomic E-state index is 11.5. The first-order chi connectivity index (χ1) is 11.2. The fourth-order valence-electron chi connectivity index (χ4n) is 1.89. The maximum Gasteiger partial charge on any atom is 0.303 e. The van der Waals surface area contributed by atoms with Crippen molar-refractivity contribution in [1.29, 1.82) is 0 Å². The third kappa shape index (κ3) is 18.1. The Morgan fingerprint density at radius 1 is 0.826 bits per heavy atom. The number of carboxylic acids is 1. The van der Waals surface area contributed by atoms with E-state index in [1.54, 1.807) is 6.08 Å². The van der Waals surface area contributed by atoms with Gasteiger partial charge in [0, 0.05) is 12.8 Å². The molecule has 3 heteroatoms. The van der Waals surface area contributed by atoms with Gasteiger partial charge in [0.15, 0.2) is 5.78 Å². The van der Waals surface area contributed by atoms with Crippen LogP contribution in [0, 0.1) is 0 Å². The van der Waals surface area contributed by atoms with Crippen molar-refractivity contribution in [1.82, 2.24) is 0 Å². The molecule has 0 aromatic rings. The van der Waals surface area contributed by atoms with Crippen molar-refractivity contribution in [2.75, 3.05) is 0 Å². The summed E-state index contributed by atoms with van der Waals surface area (Å²) in [5.41, 5.74) is 0. The Bertz CT molecular complexity index is 428. The molecule has 128 valence electrons. The van der Waals surface area contributed by atoms with Gasteiger partial charge in [0.25, 0.3) is 0 Å². The zero-order valence-electron chi connectivity index (χ0n) is 14.2. The zero-order chi connectivity index (χ0) is 17.2. The van der Waals surface area contributed by atoms with E-state index in [1.807, 2.05) is 24.3 Å². The van der Waals surface area contributed by atoms with Gasteiger partial charge in [-0.15, -0.1) is 0 Å². The lowest BCUT2D eigenvalue weighted by atomic mass is 10.1. The molecule has 0 saturated heterocycles. The van der Waals surface area contributed by atoms with Crippen LogP contribution in [0.25, 0.3) is 0 Å². The molecule has 1 N–H and O–H groups in total. The van der Waals surface area contributed by atoms with Crippen molar-refractivity contribution in [3.63, 3.8) is 0 Å². The third-order valence-corrected chi connectivity index (χ3v) is 3.20. The number of rotatable bonds is 14. The van der Waals surface area contributed by atoms with Crippen LogP contribution in [-0.2, 0) is 9.59 Å². The van der Waals surface area contributed by atoms with Gasteiger partial charge in [-0.25, -0.2) is 0 Å². The summed E-state index contributed by atoms with van der Waals surface area (Å²) in [5, 5.41) is 8.49. The number of hydrogen-bond acceptors (Lipinski definition) is 2. The van der Waals surface area contributed by atoms with Gasteiger partial charge in [0.1, 0.15) is 0 Å². The van der Waals surface area contributed by atoms with Crippen molar-refractivity contribution in [3.8, 4) is 0 Å². The Kier molecular flexibility index (Phi) is 15.1. The second kappa shape index (κ2) is 16.5. The molecule has 0 aliphatic rings. The lowest BCUT2D eigenvalue weighted by molar-refractivity contribution is -0.137. The molecule has 0 aromatic heterocycles. The number of allylic oxidation sites excluding steroid dienone is 8. The lowest BCUT2D eigenvalue weighted by Crippen LogP contribution is -1.92. The predicted molar refractivity (Wildman–Crippen MR) is 96.4 cm³/mol.